The molecule has 12 nitrogen and oxygen atoms in total. The lowest BCUT2D eigenvalue weighted by Crippen LogP contribution is -2.49. The first-order chi connectivity index (χ1) is 16.4. The Kier molecular flexibility index (Phi) is 7.56. The van der Waals surface area contributed by atoms with Gasteiger partial charge in [0, 0.05) is 58.6 Å². The molecule has 2 aromatic rings. The molecule has 0 atom stereocenters. The van der Waals surface area contributed by atoms with Crippen LogP contribution in [0.15, 0.2) is 40.2 Å². The molecular weight excluding hydrogens is 464 g/mol. The van der Waals surface area contributed by atoms with Crippen molar-refractivity contribution in [3.05, 3.63) is 46.5 Å². The number of methoxy groups -OCH3 is 1. The third-order valence-electron chi connectivity index (χ3n) is 5.81. The number of anilines is 1. The first-order valence-electron chi connectivity index (χ1n) is 11.1. The number of carbonyl (C=O) groups is 1. The molecule has 0 N–H and O–H groups in total. The number of aromatic nitrogens is 3. The fourth-order valence-corrected chi connectivity index (χ4v) is 5.20. The molecule has 2 aliphatic rings. The molecule has 13 heteroatoms. The maximum atomic E-state index is 12.9. The van der Waals surface area contributed by atoms with E-state index < -0.39 is 10.0 Å². The fourth-order valence-electron chi connectivity index (χ4n) is 3.85. The van der Waals surface area contributed by atoms with E-state index in [1.807, 2.05) is 4.90 Å². The number of amides is 1. The maximum Gasteiger partial charge on any atom is 0.274 e. The fraction of sp³-hybridized carbons (Fsp3) is 0.524. The number of piperazine rings is 1. The number of ether oxygens (including phenoxy) is 2. The van der Waals surface area contributed by atoms with Gasteiger partial charge in [-0.05, 0) is 18.2 Å². The summed E-state index contributed by atoms with van der Waals surface area (Å²) in [4.78, 5) is 33.0. The van der Waals surface area contributed by atoms with Gasteiger partial charge in [0.15, 0.2) is 0 Å². The van der Waals surface area contributed by atoms with Crippen LogP contribution in [0.5, 0.6) is 0 Å². The zero-order valence-electron chi connectivity index (χ0n) is 19.0. The molecule has 4 heterocycles. The number of morpholine rings is 1. The van der Waals surface area contributed by atoms with E-state index in [-0.39, 0.29) is 28.6 Å². The lowest BCUT2D eigenvalue weighted by Gasteiger charge is -2.35. The van der Waals surface area contributed by atoms with E-state index in [4.69, 9.17) is 9.47 Å². The van der Waals surface area contributed by atoms with Crippen molar-refractivity contribution in [2.45, 2.75) is 11.4 Å². The first kappa shape index (κ1) is 24.3. The van der Waals surface area contributed by atoms with E-state index in [0.29, 0.717) is 64.9 Å². The molecule has 2 aromatic heterocycles. The molecule has 0 spiro atoms. The average molecular weight is 493 g/mol. The van der Waals surface area contributed by atoms with Crippen LogP contribution in [-0.2, 0) is 26.0 Å². The largest absolute Gasteiger partial charge is 0.383 e. The molecule has 0 bridgehead atoms. The van der Waals surface area contributed by atoms with Crippen molar-refractivity contribution in [2.75, 3.05) is 71.1 Å². The summed E-state index contributed by atoms with van der Waals surface area (Å²) in [5, 5.41) is 4.17. The number of hydrogen-bond acceptors (Lipinski definition) is 9. The minimum absolute atomic E-state index is 0.154. The van der Waals surface area contributed by atoms with Gasteiger partial charge in [0.25, 0.3) is 11.5 Å². The molecule has 0 unspecified atom stereocenters. The highest BCUT2D eigenvalue weighted by Gasteiger charge is 2.28. The van der Waals surface area contributed by atoms with Gasteiger partial charge in [-0.3, -0.25) is 9.59 Å². The van der Waals surface area contributed by atoms with E-state index in [2.05, 4.69) is 10.1 Å². The van der Waals surface area contributed by atoms with Crippen molar-refractivity contribution in [1.29, 1.82) is 0 Å². The van der Waals surface area contributed by atoms with Crippen molar-refractivity contribution < 1.29 is 22.7 Å². The third-order valence-corrected chi connectivity index (χ3v) is 7.69. The van der Waals surface area contributed by atoms with Gasteiger partial charge in [-0.2, -0.15) is 9.40 Å². The molecule has 4 rings (SSSR count). The SMILES string of the molecule is COCCn1nc(C(=O)N2CCN(c3ccc(S(=O)(=O)N4CCOCC4)cn3)CC2)ccc1=O. The van der Waals surface area contributed by atoms with E-state index >= 15 is 0 Å². The number of nitrogens with zero attached hydrogens (tertiary/aromatic N) is 6. The topological polar surface area (TPSA) is 127 Å². The molecule has 2 fully saturated rings. The molecule has 34 heavy (non-hydrogen) atoms. The van der Waals surface area contributed by atoms with Gasteiger partial charge in [0.1, 0.15) is 16.4 Å². The van der Waals surface area contributed by atoms with Crippen LogP contribution in [-0.4, -0.2) is 104 Å². The molecule has 184 valence electrons. The van der Waals surface area contributed by atoms with Gasteiger partial charge in [-0.25, -0.2) is 18.1 Å². The Morgan fingerprint density at radius 2 is 1.79 bits per heavy atom. The van der Waals surface area contributed by atoms with Gasteiger partial charge < -0.3 is 19.3 Å². The summed E-state index contributed by atoms with van der Waals surface area (Å²) in [5.74, 6) is 0.407. The van der Waals surface area contributed by atoms with Crippen LogP contribution >= 0.6 is 0 Å². The molecule has 0 aromatic carbocycles. The third kappa shape index (κ3) is 5.27. The Morgan fingerprint density at radius 3 is 2.44 bits per heavy atom. The second-order valence-corrected chi connectivity index (χ2v) is 9.86. The highest BCUT2D eigenvalue weighted by molar-refractivity contribution is 7.89. The van der Waals surface area contributed by atoms with Crippen LogP contribution in [0.25, 0.3) is 0 Å². The maximum absolute atomic E-state index is 12.9. The predicted octanol–water partition coefficient (Wildman–Crippen LogP) is -0.732. The van der Waals surface area contributed by atoms with Gasteiger partial charge in [-0.1, -0.05) is 0 Å². The number of carbonyl (C=O) groups excluding carboxylic acids is 1. The van der Waals surface area contributed by atoms with E-state index in [1.165, 1.54) is 34.4 Å². The van der Waals surface area contributed by atoms with Gasteiger partial charge in [0.2, 0.25) is 10.0 Å². The number of sulfonamides is 1. The van der Waals surface area contributed by atoms with Gasteiger partial charge in [-0.15, -0.1) is 0 Å². The van der Waals surface area contributed by atoms with Crippen molar-refractivity contribution in [3.8, 4) is 0 Å². The normalized spacial score (nSPS) is 17.7. The Hall–Kier alpha value is -2.87. The van der Waals surface area contributed by atoms with Gasteiger partial charge >= 0.3 is 0 Å². The summed E-state index contributed by atoms with van der Waals surface area (Å²) >= 11 is 0. The van der Waals surface area contributed by atoms with Crippen LogP contribution in [0.4, 0.5) is 5.82 Å². The summed E-state index contributed by atoms with van der Waals surface area (Å²) in [7, 11) is -2.06. The van der Waals surface area contributed by atoms with E-state index in [9.17, 15) is 18.0 Å². The molecule has 0 aliphatic carbocycles. The Balaban J connectivity index is 1.37. The van der Waals surface area contributed by atoms with Crippen LogP contribution in [0.3, 0.4) is 0 Å². The highest BCUT2D eigenvalue weighted by atomic mass is 32.2. The number of rotatable bonds is 7. The molecule has 0 radical (unpaired) electrons. The Labute approximate surface area is 197 Å². The Bertz CT molecular complexity index is 1160. The summed E-state index contributed by atoms with van der Waals surface area (Å²) in [6.45, 7) is 4.01. The van der Waals surface area contributed by atoms with Crippen molar-refractivity contribution in [3.63, 3.8) is 0 Å². The molecule has 2 aliphatic heterocycles. The minimum atomic E-state index is -3.59. The minimum Gasteiger partial charge on any atom is -0.383 e. The van der Waals surface area contributed by atoms with Gasteiger partial charge in [0.05, 0.1) is 26.4 Å². The summed E-state index contributed by atoms with van der Waals surface area (Å²) < 4.78 is 38.4. The lowest BCUT2D eigenvalue weighted by atomic mass is 10.2. The van der Waals surface area contributed by atoms with Crippen LogP contribution < -0.4 is 10.5 Å². The van der Waals surface area contributed by atoms with Crippen LogP contribution in [0.2, 0.25) is 0 Å². The number of hydrogen-bond donors (Lipinski definition) is 0. The summed E-state index contributed by atoms with van der Waals surface area (Å²) in [6, 6.07) is 6.04. The van der Waals surface area contributed by atoms with Crippen LogP contribution in [0.1, 0.15) is 10.5 Å². The summed E-state index contributed by atoms with van der Waals surface area (Å²) in [6.07, 6.45) is 1.38. The number of pyridine rings is 1. The van der Waals surface area contributed by atoms with Crippen molar-refractivity contribution in [1.82, 2.24) is 24.0 Å². The quantitative estimate of drug-likeness (QED) is 0.491. The highest BCUT2D eigenvalue weighted by Crippen LogP contribution is 2.20. The molecule has 2 saturated heterocycles. The molecular formula is C21H28N6O6S. The second-order valence-electron chi connectivity index (χ2n) is 7.92. The van der Waals surface area contributed by atoms with Crippen LogP contribution in [0, 0.1) is 0 Å². The van der Waals surface area contributed by atoms with E-state index in [0.717, 1.165) is 0 Å². The van der Waals surface area contributed by atoms with Crippen molar-refractivity contribution in [2.24, 2.45) is 0 Å². The average Bonchev–Trinajstić information content (AvgIpc) is 2.88. The smallest absolute Gasteiger partial charge is 0.274 e. The Morgan fingerprint density at radius 1 is 1.06 bits per heavy atom. The molecule has 1 amide bonds. The zero-order valence-corrected chi connectivity index (χ0v) is 19.8. The van der Waals surface area contributed by atoms with E-state index in [1.54, 1.807) is 17.0 Å². The second kappa shape index (κ2) is 10.6. The summed E-state index contributed by atoms with van der Waals surface area (Å²) in [5.41, 5.74) is -0.0801. The predicted molar refractivity (Wildman–Crippen MR) is 122 cm³/mol. The zero-order chi connectivity index (χ0) is 24.1. The van der Waals surface area contributed by atoms with Crippen molar-refractivity contribution >= 4 is 21.7 Å². The molecule has 0 saturated carbocycles. The first-order valence-corrected chi connectivity index (χ1v) is 12.5. The standard InChI is InChI=1S/C21H28N6O6S/c1-32-13-12-27-20(28)5-3-18(23-27)21(29)25-8-6-24(7-9-25)19-4-2-17(16-22-19)34(30,31)26-10-14-33-15-11-26/h2-5,16H,6-15H2,1H3. The monoisotopic (exact) mass is 492 g/mol. The lowest BCUT2D eigenvalue weighted by molar-refractivity contribution is 0.0730.